The summed E-state index contributed by atoms with van der Waals surface area (Å²) < 4.78 is 0. The fourth-order valence-electron chi connectivity index (χ4n) is 2.92. The molecule has 1 amide bonds. The van der Waals surface area contributed by atoms with E-state index in [1.54, 1.807) is 0 Å². The van der Waals surface area contributed by atoms with E-state index in [4.69, 9.17) is 5.73 Å². The van der Waals surface area contributed by atoms with Crippen LogP contribution in [0.25, 0.3) is 0 Å². The zero-order chi connectivity index (χ0) is 15.0. The molecule has 1 aromatic carbocycles. The van der Waals surface area contributed by atoms with Crippen molar-refractivity contribution in [2.75, 3.05) is 13.1 Å². The molecule has 2 aromatic rings. The van der Waals surface area contributed by atoms with Crippen molar-refractivity contribution in [3.8, 4) is 0 Å². The van der Waals surface area contributed by atoms with Gasteiger partial charge < -0.3 is 10.6 Å². The molecular weight excluding hydrogens is 282 g/mol. The molecule has 1 saturated heterocycles. The van der Waals surface area contributed by atoms with Gasteiger partial charge in [-0.2, -0.15) is 0 Å². The van der Waals surface area contributed by atoms with Gasteiger partial charge in [-0.1, -0.05) is 30.3 Å². The summed E-state index contributed by atoms with van der Waals surface area (Å²) in [6, 6.07) is 10.2. The van der Waals surface area contributed by atoms with Crippen LogP contribution in [0.1, 0.15) is 31.9 Å². The molecule has 1 fully saturated rings. The van der Waals surface area contributed by atoms with Crippen LogP contribution in [0.2, 0.25) is 0 Å². The third kappa shape index (κ3) is 2.71. The van der Waals surface area contributed by atoms with Gasteiger partial charge in [0.05, 0.1) is 10.7 Å². The maximum atomic E-state index is 12.6. The predicted molar refractivity (Wildman–Crippen MR) is 84.6 cm³/mol. The van der Waals surface area contributed by atoms with E-state index in [0.717, 1.165) is 15.6 Å². The third-order valence-electron chi connectivity index (χ3n) is 3.98. The number of likely N-dealkylation sites (tertiary alicyclic amines) is 1. The van der Waals surface area contributed by atoms with E-state index >= 15 is 0 Å². The third-order valence-corrected chi connectivity index (χ3v) is 5.04. The van der Waals surface area contributed by atoms with Gasteiger partial charge in [0.25, 0.3) is 5.91 Å². The number of carbonyl (C=O) groups excluding carboxylic acids is 1. The molecule has 0 unspecified atom stereocenters. The standard InChI is InChI=1S/C16H19N3OS/c1-10-15(21-11(2)18-10)16(20)19-8-13(14(17)9-19)12-6-4-3-5-7-12/h3-7,13-14H,8-9,17H2,1-2H3/t13-,14+/m1/s1. The first-order valence-corrected chi connectivity index (χ1v) is 7.91. The molecule has 1 aromatic heterocycles. The Morgan fingerprint density at radius 1 is 1.29 bits per heavy atom. The summed E-state index contributed by atoms with van der Waals surface area (Å²) in [5, 5.41) is 0.930. The Hall–Kier alpha value is -1.72. The second-order valence-electron chi connectivity index (χ2n) is 5.54. The molecule has 3 rings (SSSR count). The summed E-state index contributed by atoms with van der Waals surface area (Å²) in [6.45, 7) is 5.10. The number of carbonyl (C=O) groups is 1. The van der Waals surface area contributed by atoms with Gasteiger partial charge in [-0.3, -0.25) is 4.79 Å². The highest BCUT2D eigenvalue weighted by atomic mass is 32.1. The van der Waals surface area contributed by atoms with Crippen molar-refractivity contribution in [3.05, 3.63) is 51.5 Å². The summed E-state index contributed by atoms with van der Waals surface area (Å²) in [5.74, 6) is 0.274. The van der Waals surface area contributed by atoms with Crippen LogP contribution in [-0.4, -0.2) is 34.9 Å². The lowest BCUT2D eigenvalue weighted by Crippen LogP contribution is -2.32. The van der Waals surface area contributed by atoms with E-state index in [9.17, 15) is 4.79 Å². The molecule has 0 spiro atoms. The van der Waals surface area contributed by atoms with Crippen LogP contribution in [0.3, 0.4) is 0 Å². The number of amides is 1. The first-order chi connectivity index (χ1) is 10.1. The molecule has 0 aliphatic carbocycles. The minimum Gasteiger partial charge on any atom is -0.336 e. The predicted octanol–water partition coefficient (Wildman–Crippen LogP) is 2.33. The van der Waals surface area contributed by atoms with Crippen LogP contribution in [0, 0.1) is 13.8 Å². The maximum absolute atomic E-state index is 12.6. The molecule has 5 heteroatoms. The van der Waals surface area contributed by atoms with Crippen LogP contribution < -0.4 is 5.73 Å². The number of aromatic nitrogens is 1. The van der Waals surface area contributed by atoms with Gasteiger partial charge in [-0.15, -0.1) is 11.3 Å². The average molecular weight is 301 g/mol. The van der Waals surface area contributed by atoms with E-state index in [1.807, 2.05) is 36.9 Å². The van der Waals surface area contributed by atoms with Crippen molar-refractivity contribution in [2.45, 2.75) is 25.8 Å². The fourth-order valence-corrected chi connectivity index (χ4v) is 3.81. The van der Waals surface area contributed by atoms with E-state index in [2.05, 4.69) is 17.1 Å². The summed E-state index contributed by atoms with van der Waals surface area (Å²) in [7, 11) is 0. The number of nitrogens with zero attached hydrogens (tertiary/aromatic N) is 2. The Labute approximate surface area is 128 Å². The molecule has 2 atom stereocenters. The molecule has 1 aliphatic rings. The average Bonchev–Trinajstić information content (AvgIpc) is 3.02. The van der Waals surface area contributed by atoms with Crippen LogP contribution in [0.5, 0.6) is 0 Å². The van der Waals surface area contributed by atoms with Gasteiger partial charge in [0, 0.05) is 25.0 Å². The lowest BCUT2D eigenvalue weighted by molar-refractivity contribution is 0.0793. The highest BCUT2D eigenvalue weighted by Gasteiger charge is 2.35. The monoisotopic (exact) mass is 301 g/mol. The number of hydrogen-bond donors (Lipinski definition) is 1. The number of aryl methyl sites for hydroxylation is 2. The molecule has 2 heterocycles. The first kappa shape index (κ1) is 14.2. The maximum Gasteiger partial charge on any atom is 0.265 e. The Morgan fingerprint density at radius 3 is 2.62 bits per heavy atom. The SMILES string of the molecule is Cc1nc(C)c(C(=O)N2C[C@H](c3ccccc3)[C@@H](N)C2)s1. The second kappa shape index (κ2) is 5.58. The van der Waals surface area contributed by atoms with Crippen LogP contribution in [-0.2, 0) is 0 Å². The van der Waals surface area contributed by atoms with E-state index in [0.29, 0.717) is 13.1 Å². The Morgan fingerprint density at radius 2 is 2.00 bits per heavy atom. The first-order valence-electron chi connectivity index (χ1n) is 7.10. The number of thiazole rings is 1. The quantitative estimate of drug-likeness (QED) is 0.926. The van der Waals surface area contributed by atoms with Gasteiger partial charge >= 0.3 is 0 Å². The topological polar surface area (TPSA) is 59.2 Å². The van der Waals surface area contributed by atoms with Gasteiger partial charge in [-0.25, -0.2) is 4.98 Å². The molecule has 1 aliphatic heterocycles. The van der Waals surface area contributed by atoms with E-state index in [1.165, 1.54) is 16.9 Å². The Balaban J connectivity index is 1.80. The zero-order valence-electron chi connectivity index (χ0n) is 12.2. The van der Waals surface area contributed by atoms with E-state index in [-0.39, 0.29) is 17.9 Å². The molecule has 4 nitrogen and oxygen atoms in total. The lowest BCUT2D eigenvalue weighted by Gasteiger charge is -2.15. The van der Waals surface area contributed by atoms with Crippen molar-refractivity contribution in [3.63, 3.8) is 0 Å². The zero-order valence-corrected chi connectivity index (χ0v) is 13.1. The summed E-state index contributed by atoms with van der Waals surface area (Å²) in [6.07, 6.45) is 0. The van der Waals surface area contributed by atoms with Crippen LogP contribution in [0.15, 0.2) is 30.3 Å². The number of nitrogens with two attached hydrogens (primary N) is 1. The largest absolute Gasteiger partial charge is 0.336 e. The van der Waals surface area contributed by atoms with Crippen molar-refractivity contribution in [1.29, 1.82) is 0 Å². The van der Waals surface area contributed by atoms with E-state index < -0.39 is 0 Å². The molecule has 2 N–H and O–H groups in total. The highest BCUT2D eigenvalue weighted by molar-refractivity contribution is 7.13. The Kier molecular flexibility index (Phi) is 3.78. The number of hydrogen-bond acceptors (Lipinski definition) is 4. The number of benzene rings is 1. The normalized spacial score (nSPS) is 21.8. The number of rotatable bonds is 2. The molecule has 0 saturated carbocycles. The van der Waals surface area contributed by atoms with Crippen LogP contribution in [0.4, 0.5) is 0 Å². The molecule has 0 radical (unpaired) electrons. The van der Waals surface area contributed by atoms with Crippen molar-refractivity contribution in [1.82, 2.24) is 9.88 Å². The van der Waals surface area contributed by atoms with Gasteiger partial charge in [0.2, 0.25) is 0 Å². The van der Waals surface area contributed by atoms with Crippen molar-refractivity contribution >= 4 is 17.2 Å². The molecule has 110 valence electrons. The summed E-state index contributed by atoms with van der Waals surface area (Å²) in [4.78, 5) is 19.6. The smallest absolute Gasteiger partial charge is 0.265 e. The van der Waals surface area contributed by atoms with Crippen molar-refractivity contribution < 1.29 is 4.79 Å². The minimum atomic E-state index is -0.00863. The van der Waals surface area contributed by atoms with Gasteiger partial charge in [-0.05, 0) is 19.4 Å². The van der Waals surface area contributed by atoms with Gasteiger partial charge in [0.1, 0.15) is 4.88 Å². The van der Waals surface area contributed by atoms with Gasteiger partial charge in [0.15, 0.2) is 0 Å². The molecular formula is C16H19N3OS. The highest BCUT2D eigenvalue weighted by Crippen LogP contribution is 2.29. The van der Waals surface area contributed by atoms with Crippen molar-refractivity contribution in [2.24, 2.45) is 5.73 Å². The minimum absolute atomic E-state index is 0.00863. The molecule has 21 heavy (non-hydrogen) atoms. The van der Waals surface area contributed by atoms with Crippen LogP contribution >= 0.6 is 11.3 Å². The Bertz CT molecular complexity index is 653. The summed E-state index contributed by atoms with van der Waals surface area (Å²) >= 11 is 1.46. The second-order valence-corrected chi connectivity index (χ2v) is 6.74. The summed E-state index contributed by atoms with van der Waals surface area (Å²) in [5.41, 5.74) is 8.28. The molecule has 0 bridgehead atoms. The lowest BCUT2D eigenvalue weighted by atomic mass is 9.95. The fraction of sp³-hybridized carbons (Fsp3) is 0.375.